The highest BCUT2D eigenvalue weighted by Gasteiger charge is 2.50. The zero-order chi connectivity index (χ0) is 18.8. The average Bonchev–Trinajstić information content (AvgIpc) is 2.53. The first-order chi connectivity index (χ1) is 11.6. The van der Waals surface area contributed by atoms with Gasteiger partial charge in [-0.05, 0) is 23.8 Å². The van der Waals surface area contributed by atoms with Crippen LogP contribution in [-0.4, -0.2) is 66.5 Å². The Balaban J connectivity index is 2.06. The van der Waals surface area contributed by atoms with Crippen molar-refractivity contribution >= 4 is 18.0 Å². The summed E-state index contributed by atoms with van der Waals surface area (Å²) >= 11 is 0. The van der Waals surface area contributed by atoms with E-state index in [0.29, 0.717) is 5.56 Å². The third kappa shape index (κ3) is 4.27. The number of ether oxygens (including phenoxy) is 1. The van der Waals surface area contributed by atoms with E-state index < -0.39 is 48.7 Å². The number of carbonyl (C=O) groups excluding carboxylic acids is 1. The summed E-state index contributed by atoms with van der Waals surface area (Å²) in [5.41, 5.74) is -1.94. The monoisotopic (exact) mass is 354 g/mol. The minimum Gasteiger partial charge on any atom is -0.504 e. The summed E-state index contributed by atoms with van der Waals surface area (Å²) in [6, 6.07) is 3.83. The molecule has 0 amide bonds. The highest BCUT2D eigenvalue weighted by molar-refractivity contribution is 5.87. The standard InChI is InChI=1S/C16H18O9/c17-9-3-1-8(5-10(9)18)2-4-13(20)25-12-7-16(24,15(22)23)6-11(19)14(12)21/h1-5,11-12,14,17-19,21,24H,6-7H2,(H,22,23)/b4-2+. The smallest absolute Gasteiger partial charge is 0.335 e. The zero-order valence-corrected chi connectivity index (χ0v) is 12.9. The van der Waals surface area contributed by atoms with Crippen molar-refractivity contribution in [1.82, 2.24) is 0 Å². The van der Waals surface area contributed by atoms with Gasteiger partial charge in [0, 0.05) is 18.9 Å². The van der Waals surface area contributed by atoms with Gasteiger partial charge in [0.2, 0.25) is 0 Å². The van der Waals surface area contributed by atoms with Crippen LogP contribution in [0.2, 0.25) is 0 Å². The lowest BCUT2D eigenvalue weighted by Gasteiger charge is -2.39. The van der Waals surface area contributed by atoms with E-state index in [1.807, 2.05) is 0 Å². The van der Waals surface area contributed by atoms with Crippen molar-refractivity contribution in [3.05, 3.63) is 29.8 Å². The summed E-state index contributed by atoms with van der Waals surface area (Å²) in [4.78, 5) is 22.9. The maximum absolute atomic E-state index is 11.8. The van der Waals surface area contributed by atoms with Gasteiger partial charge in [0.05, 0.1) is 6.10 Å². The van der Waals surface area contributed by atoms with Crippen LogP contribution in [0.5, 0.6) is 11.5 Å². The summed E-state index contributed by atoms with van der Waals surface area (Å²) < 4.78 is 4.92. The fraction of sp³-hybridized carbons (Fsp3) is 0.375. The van der Waals surface area contributed by atoms with Crippen molar-refractivity contribution in [2.75, 3.05) is 0 Å². The molecule has 25 heavy (non-hydrogen) atoms. The minimum absolute atomic E-state index is 0.327. The van der Waals surface area contributed by atoms with Crippen molar-refractivity contribution in [3.63, 3.8) is 0 Å². The van der Waals surface area contributed by atoms with Gasteiger partial charge in [-0.2, -0.15) is 0 Å². The molecule has 0 saturated heterocycles. The van der Waals surface area contributed by atoms with E-state index in [0.717, 1.165) is 6.08 Å². The van der Waals surface area contributed by atoms with Crippen LogP contribution in [-0.2, 0) is 14.3 Å². The fourth-order valence-corrected chi connectivity index (χ4v) is 2.53. The lowest BCUT2D eigenvalue weighted by atomic mass is 9.79. The number of aromatic hydroxyl groups is 2. The molecule has 1 aromatic rings. The Morgan fingerprint density at radius 2 is 1.84 bits per heavy atom. The van der Waals surface area contributed by atoms with Gasteiger partial charge < -0.3 is 35.4 Å². The van der Waals surface area contributed by atoms with Crippen molar-refractivity contribution in [2.45, 2.75) is 36.8 Å². The molecule has 136 valence electrons. The van der Waals surface area contributed by atoms with Crippen LogP contribution >= 0.6 is 0 Å². The normalized spacial score (nSPS) is 29.5. The van der Waals surface area contributed by atoms with Gasteiger partial charge in [0.25, 0.3) is 0 Å². The molecule has 0 bridgehead atoms. The van der Waals surface area contributed by atoms with Crippen LogP contribution in [0.15, 0.2) is 24.3 Å². The zero-order valence-electron chi connectivity index (χ0n) is 12.9. The Morgan fingerprint density at radius 3 is 2.44 bits per heavy atom. The van der Waals surface area contributed by atoms with Crippen LogP contribution in [0.25, 0.3) is 6.08 Å². The highest BCUT2D eigenvalue weighted by atomic mass is 16.6. The fourth-order valence-electron chi connectivity index (χ4n) is 2.53. The molecule has 1 fully saturated rings. The Hall–Kier alpha value is -2.62. The van der Waals surface area contributed by atoms with Gasteiger partial charge in [-0.1, -0.05) is 6.07 Å². The van der Waals surface area contributed by atoms with Gasteiger partial charge in [0.15, 0.2) is 17.1 Å². The van der Waals surface area contributed by atoms with E-state index in [4.69, 9.17) is 9.84 Å². The molecule has 0 heterocycles. The Kier molecular flexibility index (Phi) is 5.31. The van der Waals surface area contributed by atoms with Crippen molar-refractivity contribution in [2.24, 2.45) is 0 Å². The number of aliphatic hydroxyl groups is 3. The quantitative estimate of drug-likeness (QED) is 0.234. The van der Waals surface area contributed by atoms with Crippen LogP contribution in [0.3, 0.4) is 0 Å². The number of carboxylic acid groups (broad SMARTS) is 1. The summed E-state index contributed by atoms with van der Waals surface area (Å²) in [5, 5.41) is 57.0. The number of hydrogen-bond acceptors (Lipinski definition) is 8. The van der Waals surface area contributed by atoms with Gasteiger partial charge >= 0.3 is 11.9 Å². The number of carbonyl (C=O) groups is 2. The molecule has 0 radical (unpaired) electrons. The van der Waals surface area contributed by atoms with E-state index in [1.165, 1.54) is 24.3 Å². The molecule has 4 unspecified atom stereocenters. The summed E-state index contributed by atoms with van der Waals surface area (Å²) in [7, 11) is 0. The Labute approximate surface area is 142 Å². The van der Waals surface area contributed by atoms with Gasteiger partial charge in [-0.15, -0.1) is 0 Å². The minimum atomic E-state index is -2.31. The number of phenols is 2. The predicted molar refractivity (Wildman–Crippen MR) is 82.5 cm³/mol. The van der Waals surface area contributed by atoms with Gasteiger partial charge in [-0.3, -0.25) is 0 Å². The molecule has 1 aliphatic carbocycles. The molecule has 1 aromatic carbocycles. The number of aliphatic carboxylic acids is 1. The number of phenolic OH excluding ortho intramolecular Hbond substituents is 2. The van der Waals surface area contributed by atoms with Crippen LogP contribution < -0.4 is 0 Å². The molecule has 9 heteroatoms. The number of esters is 1. The molecule has 2 rings (SSSR count). The van der Waals surface area contributed by atoms with E-state index in [2.05, 4.69) is 0 Å². The highest BCUT2D eigenvalue weighted by Crippen LogP contribution is 2.31. The van der Waals surface area contributed by atoms with Crippen LogP contribution in [0, 0.1) is 0 Å². The number of hydrogen-bond donors (Lipinski definition) is 6. The van der Waals surface area contributed by atoms with Gasteiger partial charge in [0.1, 0.15) is 12.2 Å². The predicted octanol–water partition coefficient (Wildman–Crippen LogP) is -0.646. The molecule has 1 aliphatic rings. The maximum atomic E-state index is 11.8. The number of aliphatic hydroxyl groups excluding tert-OH is 2. The van der Waals surface area contributed by atoms with Crippen LogP contribution in [0.1, 0.15) is 18.4 Å². The summed E-state index contributed by atoms with van der Waals surface area (Å²) in [5.74, 6) is -3.24. The van der Waals surface area contributed by atoms with E-state index in [1.54, 1.807) is 0 Å². The maximum Gasteiger partial charge on any atom is 0.335 e. The third-order valence-electron chi connectivity index (χ3n) is 3.94. The second kappa shape index (κ2) is 7.09. The van der Waals surface area contributed by atoms with E-state index in [9.17, 15) is 35.1 Å². The second-order valence-corrected chi connectivity index (χ2v) is 5.86. The van der Waals surface area contributed by atoms with E-state index >= 15 is 0 Å². The van der Waals surface area contributed by atoms with Crippen LogP contribution in [0.4, 0.5) is 0 Å². The van der Waals surface area contributed by atoms with Crippen molar-refractivity contribution < 1.29 is 45.0 Å². The molecule has 6 N–H and O–H groups in total. The molecule has 0 aromatic heterocycles. The first kappa shape index (κ1) is 18.7. The number of rotatable bonds is 4. The largest absolute Gasteiger partial charge is 0.504 e. The number of carboxylic acids is 1. The molecule has 9 nitrogen and oxygen atoms in total. The first-order valence-electron chi connectivity index (χ1n) is 7.35. The summed E-state index contributed by atoms with van der Waals surface area (Å²) in [6.07, 6.45) is -3.44. The molecule has 4 atom stereocenters. The average molecular weight is 354 g/mol. The third-order valence-corrected chi connectivity index (χ3v) is 3.94. The second-order valence-electron chi connectivity index (χ2n) is 5.86. The van der Waals surface area contributed by atoms with E-state index in [-0.39, 0.29) is 11.5 Å². The van der Waals surface area contributed by atoms with Gasteiger partial charge in [-0.25, -0.2) is 9.59 Å². The van der Waals surface area contributed by atoms with Crippen molar-refractivity contribution in [1.29, 1.82) is 0 Å². The molecular weight excluding hydrogens is 336 g/mol. The SMILES string of the molecule is O=C(/C=C/c1ccc(O)c(O)c1)OC1CC(O)(C(=O)O)CC(O)C1O. The molecule has 0 spiro atoms. The lowest BCUT2D eigenvalue weighted by molar-refractivity contribution is -0.196. The van der Waals surface area contributed by atoms with Crippen molar-refractivity contribution in [3.8, 4) is 11.5 Å². The number of benzene rings is 1. The Morgan fingerprint density at radius 1 is 1.16 bits per heavy atom. The topological polar surface area (TPSA) is 165 Å². The molecular formula is C16H18O9. The Bertz CT molecular complexity index is 699. The summed E-state index contributed by atoms with van der Waals surface area (Å²) in [6.45, 7) is 0. The molecule has 1 saturated carbocycles. The first-order valence-corrected chi connectivity index (χ1v) is 7.35. The lowest BCUT2D eigenvalue weighted by Crippen LogP contribution is -2.57. The molecule has 0 aliphatic heterocycles.